The third kappa shape index (κ3) is 3.32. The molecule has 1 aromatic carbocycles. The normalized spacial score (nSPS) is 24.2. The van der Waals surface area contributed by atoms with Gasteiger partial charge in [-0.2, -0.15) is 0 Å². The molecule has 0 amide bonds. The molecule has 0 bridgehead atoms. The number of hydrogen-bond donors (Lipinski definition) is 1. The Labute approximate surface area is 115 Å². The summed E-state index contributed by atoms with van der Waals surface area (Å²) in [5, 5.41) is 0. The van der Waals surface area contributed by atoms with E-state index in [2.05, 4.69) is 23.9 Å². The fourth-order valence-corrected chi connectivity index (χ4v) is 2.79. The lowest BCUT2D eigenvalue weighted by Gasteiger charge is -2.32. The Morgan fingerprint density at radius 1 is 1.32 bits per heavy atom. The third-order valence-corrected chi connectivity index (χ3v) is 4.10. The zero-order valence-corrected chi connectivity index (χ0v) is 12.1. The predicted molar refractivity (Wildman–Crippen MR) is 76.6 cm³/mol. The first-order valence-electron chi connectivity index (χ1n) is 6.89. The Kier molecular flexibility index (Phi) is 4.55. The second-order valence-corrected chi connectivity index (χ2v) is 5.70. The molecule has 1 saturated heterocycles. The molecular weight excluding hydrogens is 241 g/mol. The molecule has 19 heavy (non-hydrogen) atoms. The molecule has 2 unspecified atom stereocenters. The van der Waals surface area contributed by atoms with Gasteiger partial charge in [0, 0.05) is 18.6 Å². The summed E-state index contributed by atoms with van der Waals surface area (Å²) in [4.78, 5) is 4.65. The number of benzene rings is 1. The lowest BCUT2D eigenvalue weighted by atomic mass is 9.97. The first kappa shape index (κ1) is 14.4. The highest BCUT2D eigenvalue weighted by atomic mass is 19.1. The summed E-state index contributed by atoms with van der Waals surface area (Å²) in [5.41, 5.74) is 8.10. The van der Waals surface area contributed by atoms with Crippen molar-refractivity contribution in [3.63, 3.8) is 0 Å². The molecule has 1 fully saturated rings. The maximum absolute atomic E-state index is 13.3. The van der Waals surface area contributed by atoms with Gasteiger partial charge < -0.3 is 15.5 Å². The van der Waals surface area contributed by atoms with Crippen molar-refractivity contribution in [3.05, 3.63) is 35.1 Å². The maximum Gasteiger partial charge on any atom is 0.126 e. The van der Waals surface area contributed by atoms with Crippen LogP contribution in [0, 0.1) is 12.7 Å². The van der Waals surface area contributed by atoms with Gasteiger partial charge in [0.05, 0.1) is 0 Å². The van der Waals surface area contributed by atoms with E-state index in [0.29, 0.717) is 5.56 Å². The SMILES string of the molecule is Cc1cc(C(N)C2CN(C)CCCN2C)ccc1F. The minimum atomic E-state index is -0.165. The van der Waals surface area contributed by atoms with E-state index < -0.39 is 0 Å². The van der Waals surface area contributed by atoms with E-state index in [0.717, 1.165) is 25.2 Å². The third-order valence-electron chi connectivity index (χ3n) is 4.10. The quantitative estimate of drug-likeness (QED) is 0.884. The smallest absolute Gasteiger partial charge is 0.126 e. The Bertz CT molecular complexity index is 435. The highest BCUT2D eigenvalue weighted by Gasteiger charge is 2.27. The Morgan fingerprint density at radius 3 is 2.74 bits per heavy atom. The predicted octanol–water partition coefficient (Wildman–Crippen LogP) is 1.77. The fraction of sp³-hybridized carbons (Fsp3) is 0.600. The lowest BCUT2D eigenvalue weighted by molar-refractivity contribution is 0.196. The number of nitrogens with two attached hydrogens (primary N) is 1. The highest BCUT2D eigenvalue weighted by molar-refractivity contribution is 5.27. The number of nitrogens with zero attached hydrogens (tertiary/aromatic N) is 2. The van der Waals surface area contributed by atoms with Crippen LogP contribution in [0.4, 0.5) is 4.39 Å². The first-order chi connectivity index (χ1) is 8.99. The molecule has 1 aliphatic heterocycles. The van der Waals surface area contributed by atoms with Crippen molar-refractivity contribution < 1.29 is 4.39 Å². The van der Waals surface area contributed by atoms with E-state index >= 15 is 0 Å². The molecule has 1 aromatic rings. The average molecular weight is 265 g/mol. The van der Waals surface area contributed by atoms with Crippen molar-refractivity contribution in [3.8, 4) is 0 Å². The van der Waals surface area contributed by atoms with E-state index in [1.54, 1.807) is 6.92 Å². The zero-order valence-electron chi connectivity index (χ0n) is 12.1. The first-order valence-corrected chi connectivity index (χ1v) is 6.89. The molecule has 0 radical (unpaired) electrons. The van der Waals surface area contributed by atoms with Crippen LogP contribution in [0.1, 0.15) is 23.6 Å². The van der Waals surface area contributed by atoms with E-state index in [9.17, 15) is 4.39 Å². The molecule has 106 valence electrons. The second-order valence-electron chi connectivity index (χ2n) is 5.70. The van der Waals surface area contributed by atoms with E-state index in [1.807, 2.05) is 12.1 Å². The molecule has 0 spiro atoms. The van der Waals surface area contributed by atoms with Gasteiger partial charge in [-0.25, -0.2) is 4.39 Å². The number of rotatable bonds is 2. The van der Waals surface area contributed by atoms with Crippen LogP contribution in [0.5, 0.6) is 0 Å². The average Bonchev–Trinajstić information content (AvgIpc) is 2.54. The molecule has 2 rings (SSSR count). The van der Waals surface area contributed by atoms with Crippen molar-refractivity contribution in [1.82, 2.24) is 9.80 Å². The van der Waals surface area contributed by atoms with Crippen molar-refractivity contribution in [1.29, 1.82) is 0 Å². The van der Waals surface area contributed by atoms with Gasteiger partial charge in [0.15, 0.2) is 0 Å². The van der Waals surface area contributed by atoms with Gasteiger partial charge in [0.25, 0.3) is 0 Å². The molecule has 2 atom stereocenters. The van der Waals surface area contributed by atoms with E-state index in [-0.39, 0.29) is 17.9 Å². The summed E-state index contributed by atoms with van der Waals surface area (Å²) >= 11 is 0. The van der Waals surface area contributed by atoms with Crippen LogP contribution in [0.15, 0.2) is 18.2 Å². The number of hydrogen-bond acceptors (Lipinski definition) is 3. The van der Waals surface area contributed by atoms with E-state index in [4.69, 9.17) is 5.73 Å². The molecule has 0 aliphatic carbocycles. The van der Waals surface area contributed by atoms with Gasteiger partial charge in [-0.1, -0.05) is 12.1 Å². The monoisotopic (exact) mass is 265 g/mol. The minimum Gasteiger partial charge on any atom is -0.323 e. The van der Waals surface area contributed by atoms with Gasteiger partial charge in [-0.05, 0) is 57.7 Å². The molecule has 0 aromatic heterocycles. The summed E-state index contributed by atoms with van der Waals surface area (Å²) in [6, 6.07) is 5.40. The van der Waals surface area contributed by atoms with Crippen LogP contribution in [0.3, 0.4) is 0 Å². The van der Waals surface area contributed by atoms with Crippen LogP contribution < -0.4 is 5.73 Å². The zero-order chi connectivity index (χ0) is 14.0. The standard InChI is InChI=1S/C15H24FN3/c1-11-9-12(5-6-13(11)16)15(17)14-10-18(2)7-4-8-19(14)3/h5-6,9,14-15H,4,7-8,10,17H2,1-3H3. The Balaban J connectivity index is 2.20. The summed E-state index contributed by atoms with van der Waals surface area (Å²) in [6.45, 7) is 4.90. The van der Waals surface area contributed by atoms with Crippen LogP contribution in [0.25, 0.3) is 0 Å². The number of likely N-dealkylation sites (N-methyl/N-ethyl adjacent to an activating group) is 2. The van der Waals surface area contributed by atoms with Crippen molar-refractivity contribution in [2.45, 2.75) is 25.4 Å². The highest BCUT2D eigenvalue weighted by Crippen LogP contribution is 2.22. The largest absolute Gasteiger partial charge is 0.323 e. The van der Waals surface area contributed by atoms with Gasteiger partial charge in [-0.15, -0.1) is 0 Å². The Hall–Kier alpha value is -0.970. The molecular formula is C15H24FN3. The topological polar surface area (TPSA) is 32.5 Å². The van der Waals surface area contributed by atoms with Crippen molar-refractivity contribution in [2.75, 3.05) is 33.7 Å². The summed E-state index contributed by atoms with van der Waals surface area (Å²) in [6.07, 6.45) is 1.17. The van der Waals surface area contributed by atoms with Gasteiger partial charge in [-0.3, -0.25) is 0 Å². The van der Waals surface area contributed by atoms with Crippen LogP contribution in [-0.2, 0) is 0 Å². The number of halogens is 1. The molecule has 3 nitrogen and oxygen atoms in total. The van der Waals surface area contributed by atoms with E-state index in [1.165, 1.54) is 12.5 Å². The molecule has 2 N–H and O–H groups in total. The molecule has 1 heterocycles. The molecule has 1 aliphatic rings. The summed E-state index contributed by atoms with van der Waals surface area (Å²) < 4.78 is 13.3. The maximum atomic E-state index is 13.3. The van der Waals surface area contributed by atoms with Crippen LogP contribution >= 0.6 is 0 Å². The Morgan fingerprint density at radius 2 is 2.05 bits per heavy atom. The molecule has 0 saturated carbocycles. The van der Waals surface area contributed by atoms with Crippen molar-refractivity contribution in [2.24, 2.45) is 5.73 Å². The summed E-state index contributed by atoms with van der Waals surface area (Å²) in [5.74, 6) is -0.165. The summed E-state index contributed by atoms with van der Waals surface area (Å²) in [7, 11) is 4.26. The van der Waals surface area contributed by atoms with Gasteiger partial charge in [0.2, 0.25) is 0 Å². The van der Waals surface area contributed by atoms with Gasteiger partial charge in [0.1, 0.15) is 5.82 Å². The number of aryl methyl sites for hydroxylation is 1. The molecule has 4 heteroatoms. The second kappa shape index (κ2) is 5.99. The van der Waals surface area contributed by atoms with Crippen LogP contribution in [-0.4, -0.2) is 49.6 Å². The van der Waals surface area contributed by atoms with Crippen LogP contribution in [0.2, 0.25) is 0 Å². The minimum absolute atomic E-state index is 0.0788. The lowest BCUT2D eigenvalue weighted by Crippen LogP contribution is -2.45. The van der Waals surface area contributed by atoms with Crippen molar-refractivity contribution >= 4 is 0 Å². The fourth-order valence-electron chi connectivity index (χ4n) is 2.79. The van der Waals surface area contributed by atoms with Gasteiger partial charge >= 0.3 is 0 Å².